The van der Waals surface area contributed by atoms with E-state index in [4.69, 9.17) is 21.7 Å². The monoisotopic (exact) mass is 385 g/mol. The van der Waals surface area contributed by atoms with Crippen molar-refractivity contribution in [1.82, 2.24) is 5.32 Å². The molecule has 1 fully saturated rings. The molecule has 0 aliphatic carbocycles. The maximum absolute atomic E-state index is 11.8. The summed E-state index contributed by atoms with van der Waals surface area (Å²) in [6, 6.07) is 15.9. The summed E-state index contributed by atoms with van der Waals surface area (Å²) in [4.78, 5) is 12.4. The van der Waals surface area contributed by atoms with E-state index in [1.807, 2.05) is 43.3 Å². The zero-order chi connectivity index (χ0) is 18.4. The number of nitrogens with one attached hydrogen (secondary N) is 1. The van der Waals surface area contributed by atoms with Gasteiger partial charge in [-0.25, -0.2) is 0 Å². The predicted molar refractivity (Wildman–Crippen MR) is 110 cm³/mol. The summed E-state index contributed by atoms with van der Waals surface area (Å²) >= 11 is 6.27. The van der Waals surface area contributed by atoms with Gasteiger partial charge in [0.2, 0.25) is 0 Å². The highest BCUT2D eigenvalue weighted by Crippen LogP contribution is 2.32. The Hall–Kier alpha value is -2.31. The van der Waals surface area contributed by atoms with Crippen molar-refractivity contribution < 1.29 is 14.3 Å². The number of rotatable bonds is 7. The molecule has 2 aromatic rings. The van der Waals surface area contributed by atoms with Crippen molar-refractivity contribution in [2.45, 2.75) is 13.3 Å². The second-order valence-electron chi connectivity index (χ2n) is 5.58. The number of thiocarbonyl (C=S) groups is 1. The van der Waals surface area contributed by atoms with E-state index in [1.165, 1.54) is 17.3 Å². The van der Waals surface area contributed by atoms with Crippen molar-refractivity contribution in [2.24, 2.45) is 0 Å². The first-order valence-corrected chi connectivity index (χ1v) is 9.56. The van der Waals surface area contributed by atoms with Gasteiger partial charge in [-0.15, -0.1) is 0 Å². The standard InChI is InChI=1S/C20H19NO3S2/c1-2-23-17-12-15(13-18-19(22)21-20(25)26-18)8-9-16(17)24-11-10-14-6-4-3-5-7-14/h3-9,12-13H,2,10-11H2,1H3,(H,21,22,25)/b18-13-. The van der Waals surface area contributed by atoms with Gasteiger partial charge in [0, 0.05) is 6.42 Å². The number of amides is 1. The van der Waals surface area contributed by atoms with Crippen LogP contribution in [-0.4, -0.2) is 23.4 Å². The molecule has 1 saturated heterocycles. The van der Waals surface area contributed by atoms with Crippen LogP contribution in [0.15, 0.2) is 53.4 Å². The quantitative estimate of drug-likeness (QED) is 0.572. The summed E-state index contributed by atoms with van der Waals surface area (Å²) in [5.74, 6) is 1.20. The van der Waals surface area contributed by atoms with Crippen LogP contribution >= 0.6 is 24.0 Å². The van der Waals surface area contributed by atoms with E-state index in [1.54, 1.807) is 6.08 Å². The van der Waals surface area contributed by atoms with Crippen LogP contribution in [-0.2, 0) is 11.2 Å². The van der Waals surface area contributed by atoms with Gasteiger partial charge in [0.25, 0.3) is 5.91 Å². The highest BCUT2D eigenvalue weighted by Gasteiger charge is 2.22. The number of carbonyl (C=O) groups excluding carboxylic acids is 1. The third kappa shape index (κ3) is 4.86. The van der Waals surface area contributed by atoms with Crippen molar-refractivity contribution in [3.63, 3.8) is 0 Å². The molecule has 0 saturated carbocycles. The molecule has 6 heteroatoms. The maximum atomic E-state index is 11.8. The van der Waals surface area contributed by atoms with Crippen LogP contribution in [0.3, 0.4) is 0 Å². The van der Waals surface area contributed by atoms with Gasteiger partial charge >= 0.3 is 0 Å². The molecule has 1 amide bonds. The third-order valence-corrected chi connectivity index (χ3v) is 4.86. The number of hydrogen-bond acceptors (Lipinski definition) is 5. The van der Waals surface area contributed by atoms with E-state index in [2.05, 4.69) is 17.4 Å². The maximum Gasteiger partial charge on any atom is 0.263 e. The fraction of sp³-hybridized carbons (Fsp3) is 0.200. The Kier molecular flexibility index (Phi) is 6.30. The number of benzene rings is 2. The molecule has 4 nitrogen and oxygen atoms in total. The van der Waals surface area contributed by atoms with Crippen LogP contribution < -0.4 is 14.8 Å². The van der Waals surface area contributed by atoms with Gasteiger partial charge in [0.05, 0.1) is 18.1 Å². The van der Waals surface area contributed by atoms with E-state index in [9.17, 15) is 4.79 Å². The van der Waals surface area contributed by atoms with Crippen molar-refractivity contribution >= 4 is 40.3 Å². The molecule has 0 aromatic heterocycles. The van der Waals surface area contributed by atoms with Gasteiger partial charge in [-0.2, -0.15) is 0 Å². The van der Waals surface area contributed by atoms with Gasteiger partial charge in [-0.3, -0.25) is 4.79 Å². The molecule has 26 heavy (non-hydrogen) atoms. The van der Waals surface area contributed by atoms with Crippen LogP contribution in [0.1, 0.15) is 18.1 Å². The highest BCUT2D eigenvalue weighted by molar-refractivity contribution is 8.26. The molecule has 0 unspecified atom stereocenters. The fourth-order valence-electron chi connectivity index (χ4n) is 2.50. The Labute approximate surface area is 162 Å². The van der Waals surface area contributed by atoms with E-state index >= 15 is 0 Å². The average molecular weight is 386 g/mol. The first kappa shape index (κ1) is 18.5. The van der Waals surface area contributed by atoms with Crippen molar-refractivity contribution in [1.29, 1.82) is 0 Å². The summed E-state index contributed by atoms with van der Waals surface area (Å²) in [6.07, 6.45) is 2.63. The van der Waals surface area contributed by atoms with E-state index in [0.29, 0.717) is 33.9 Å². The van der Waals surface area contributed by atoms with Gasteiger partial charge in [-0.05, 0) is 36.3 Å². The van der Waals surface area contributed by atoms with Crippen molar-refractivity contribution in [3.05, 3.63) is 64.6 Å². The van der Waals surface area contributed by atoms with E-state index in [-0.39, 0.29) is 5.91 Å². The highest BCUT2D eigenvalue weighted by atomic mass is 32.2. The first-order chi connectivity index (χ1) is 12.7. The second-order valence-corrected chi connectivity index (χ2v) is 7.29. The molecule has 0 bridgehead atoms. The minimum absolute atomic E-state index is 0.166. The summed E-state index contributed by atoms with van der Waals surface area (Å²) in [7, 11) is 0. The second kappa shape index (κ2) is 8.87. The lowest BCUT2D eigenvalue weighted by Gasteiger charge is -2.13. The molecular weight excluding hydrogens is 366 g/mol. The Morgan fingerprint density at radius 3 is 2.62 bits per heavy atom. The zero-order valence-electron chi connectivity index (χ0n) is 14.4. The molecular formula is C20H19NO3S2. The Morgan fingerprint density at radius 1 is 1.12 bits per heavy atom. The molecule has 1 aliphatic heterocycles. The van der Waals surface area contributed by atoms with Gasteiger partial charge in [-0.1, -0.05) is 60.4 Å². The molecule has 1 aliphatic rings. The van der Waals surface area contributed by atoms with E-state index in [0.717, 1.165) is 12.0 Å². The summed E-state index contributed by atoms with van der Waals surface area (Å²) < 4.78 is 12.1. The number of thioether (sulfide) groups is 1. The molecule has 0 radical (unpaired) electrons. The number of hydrogen-bond donors (Lipinski definition) is 1. The first-order valence-electron chi connectivity index (χ1n) is 8.34. The lowest BCUT2D eigenvalue weighted by atomic mass is 10.1. The van der Waals surface area contributed by atoms with Gasteiger partial charge < -0.3 is 14.8 Å². The van der Waals surface area contributed by atoms with Crippen LogP contribution in [0, 0.1) is 0 Å². The summed E-state index contributed by atoms with van der Waals surface area (Å²) in [6.45, 7) is 3.03. The topological polar surface area (TPSA) is 47.6 Å². The van der Waals surface area contributed by atoms with Crippen LogP contribution in [0.25, 0.3) is 6.08 Å². The SMILES string of the molecule is CCOc1cc(/C=C2\SC(=S)NC2=O)ccc1OCCc1ccccc1. The minimum atomic E-state index is -0.166. The molecule has 1 N–H and O–H groups in total. The van der Waals surface area contributed by atoms with Gasteiger partial charge in [0.15, 0.2) is 11.5 Å². The van der Waals surface area contributed by atoms with Gasteiger partial charge in [0.1, 0.15) is 4.32 Å². The fourth-order valence-corrected chi connectivity index (χ4v) is 3.54. The van der Waals surface area contributed by atoms with Crippen LogP contribution in [0.4, 0.5) is 0 Å². The number of ether oxygens (including phenoxy) is 2. The van der Waals surface area contributed by atoms with Crippen LogP contribution in [0.5, 0.6) is 11.5 Å². The Morgan fingerprint density at radius 2 is 1.92 bits per heavy atom. The molecule has 0 spiro atoms. The minimum Gasteiger partial charge on any atom is -0.490 e. The molecule has 0 atom stereocenters. The summed E-state index contributed by atoms with van der Waals surface area (Å²) in [5.41, 5.74) is 2.10. The predicted octanol–water partition coefficient (Wildman–Crippen LogP) is 4.20. The molecule has 134 valence electrons. The van der Waals surface area contributed by atoms with E-state index < -0.39 is 0 Å². The van der Waals surface area contributed by atoms with Crippen molar-refractivity contribution in [3.8, 4) is 11.5 Å². The zero-order valence-corrected chi connectivity index (χ0v) is 16.0. The molecule has 2 aromatic carbocycles. The largest absolute Gasteiger partial charge is 0.490 e. The smallest absolute Gasteiger partial charge is 0.263 e. The third-order valence-electron chi connectivity index (χ3n) is 3.70. The normalized spacial score (nSPS) is 15.2. The Bertz CT molecular complexity index is 834. The lowest BCUT2D eigenvalue weighted by Crippen LogP contribution is -2.17. The Balaban J connectivity index is 1.71. The molecule has 1 heterocycles. The molecule has 3 rings (SSSR count). The van der Waals surface area contributed by atoms with Crippen molar-refractivity contribution in [2.75, 3.05) is 13.2 Å². The number of carbonyl (C=O) groups is 1. The summed E-state index contributed by atoms with van der Waals surface area (Å²) in [5, 5.41) is 2.61. The average Bonchev–Trinajstić information content (AvgIpc) is 2.95. The lowest BCUT2D eigenvalue weighted by molar-refractivity contribution is -0.115. The van der Waals surface area contributed by atoms with Crippen LogP contribution in [0.2, 0.25) is 0 Å².